The monoisotopic (exact) mass is 441 g/mol. The molecule has 0 aliphatic carbocycles. The summed E-state index contributed by atoms with van der Waals surface area (Å²) in [5.74, 6) is 1.37. The number of methoxy groups -OCH3 is 2. The van der Waals surface area contributed by atoms with Crippen molar-refractivity contribution in [1.82, 2.24) is 19.9 Å². The Balaban J connectivity index is 1.47. The number of carbonyl (C=O) groups excluding carboxylic acids is 1. The second-order valence-corrected chi connectivity index (χ2v) is 8.24. The summed E-state index contributed by atoms with van der Waals surface area (Å²) in [6, 6.07) is 19.7. The minimum Gasteiger partial charge on any atom is -0.493 e. The van der Waals surface area contributed by atoms with Crippen LogP contribution in [0.5, 0.6) is 11.5 Å². The minimum atomic E-state index is -0.180. The molecule has 4 aromatic rings. The van der Waals surface area contributed by atoms with E-state index in [1.807, 2.05) is 59.5 Å². The van der Waals surface area contributed by atoms with Gasteiger partial charge in [0.15, 0.2) is 11.5 Å². The Bertz CT molecular complexity index is 1380. The molecule has 2 amide bonds. The number of urea groups is 1. The van der Waals surface area contributed by atoms with E-state index in [-0.39, 0.29) is 12.1 Å². The second-order valence-electron chi connectivity index (χ2n) is 8.24. The van der Waals surface area contributed by atoms with E-state index < -0.39 is 0 Å². The smallest absolute Gasteiger partial charge is 0.326 e. The molecule has 33 heavy (non-hydrogen) atoms. The van der Waals surface area contributed by atoms with Gasteiger partial charge in [-0.05, 0) is 47.9 Å². The summed E-state index contributed by atoms with van der Waals surface area (Å²) in [4.78, 5) is 17.5. The summed E-state index contributed by atoms with van der Waals surface area (Å²) < 4.78 is 12.9. The van der Waals surface area contributed by atoms with Crippen LogP contribution in [0.1, 0.15) is 22.7 Å². The van der Waals surface area contributed by atoms with Gasteiger partial charge in [0.05, 0.1) is 31.5 Å². The number of hydrogen-bond donors (Lipinski definition) is 0. The molecule has 0 unspecified atom stereocenters. The molecule has 8 nitrogen and oxygen atoms in total. The molecule has 2 aliphatic rings. The van der Waals surface area contributed by atoms with Crippen LogP contribution in [-0.2, 0) is 13.1 Å². The lowest BCUT2D eigenvalue weighted by molar-refractivity contribution is 0.179. The number of anilines is 1. The SMILES string of the molecule is COc1cc2c(cc1OC)[C@@H]1c3ccccc3N(Cn3nnc4ccccc43)C(=O)N1CC2. The standard InChI is InChI=1S/C25H23N5O3/c1-32-22-13-16-11-12-28-24(18(16)14-23(22)33-2)17-7-3-5-9-20(17)29(25(28)31)15-30-21-10-6-4-8-19(21)26-27-30/h3-10,13-14,24H,11-12,15H2,1-2H3/t24-/m0/s1. The van der Waals surface area contributed by atoms with E-state index >= 15 is 0 Å². The quantitative estimate of drug-likeness (QED) is 0.479. The van der Waals surface area contributed by atoms with Gasteiger partial charge in [0.2, 0.25) is 0 Å². The molecule has 6 rings (SSSR count). The molecule has 3 aromatic carbocycles. The molecule has 166 valence electrons. The summed E-state index contributed by atoms with van der Waals surface area (Å²) in [5, 5.41) is 8.55. The highest BCUT2D eigenvalue weighted by atomic mass is 16.5. The molecule has 0 spiro atoms. The third-order valence-electron chi connectivity index (χ3n) is 6.57. The summed E-state index contributed by atoms with van der Waals surface area (Å²) in [6.45, 7) is 0.910. The molecule has 1 atom stereocenters. The van der Waals surface area contributed by atoms with Crippen LogP contribution in [-0.4, -0.2) is 46.7 Å². The highest BCUT2D eigenvalue weighted by molar-refractivity contribution is 5.96. The molecule has 0 radical (unpaired) electrons. The lowest BCUT2D eigenvalue weighted by Crippen LogP contribution is -2.52. The van der Waals surface area contributed by atoms with Gasteiger partial charge in [-0.2, -0.15) is 0 Å². The predicted octanol–water partition coefficient (Wildman–Crippen LogP) is 3.99. The number of nitrogens with zero attached hydrogens (tertiary/aromatic N) is 5. The van der Waals surface area contributed by atoms with Crippen molar-refractivity contribution in [3.63, 3.8) is 0 Å². The van der Waals surface area contributed by atoms with Crippen LogP contribution in [0.3, 0.4) is 0 Å². The predicted molar refractivity (Wildman–Crippen MR) is 124 cm³/mol. The topological polar surface area (TPSA) is 72.7 Å². The summed E-state index contributed by atoms with van der Waals surface area (Å²) >= 11 is 0. The van der Waals surface area contributed by atoms with E-state index in [1.165, 1.54) is 5.56 Å². The van der Waals surface area contributed by atoms with Crippen molar-refractivity contribution in [2.75, 3.05) is 25.7 Å². The first-order valence-corrected chi connectivity index (χ1v) is 10.9. The molecule has 0 saturated heterocycles. The third kappa shape index (κ3) is 2.94. The van der Waals surface area contributed by atoms with Crippen molar-refractivity contribution >= 4 is 22.8 Å². The number of amides is 2. The van der Waals surface area contributed by atoms with Crippen LogP contribution in [0.15, 0.2) is 60.7 Å². The summed E-state index contributed by atoms with van der Waals surface area (Å²) in [5.41, 5.74) is 5.91. The normalized spacial score (nSPS) is 16.9. The second kappa shape index (κ2) is 7.51. The average molecular weight is 441 g/mol. The number of hydrogen-bond acceptors (Lipinski definition) is 5. The first-order chi connectivity index (χ1) is 16.2. The maximum absolute atomic E-state index is 13.8. The summed E-state index contributed by atoms with van der Waals surface area (Å²) in [7, 11) is 3.28. The number of ether oxygens (including phenoxy) is 2. The van der Waals surface area contributed by atoms with Crippen LogP contribution in [0.2, 0.25) is 0 Å². The molecule has 3 heterocycles. The van der Waals surface area contributed by atoms with Gasteiger partial charge >= 0.3 is 6.03 Å². The van der Waals surface area contributed by atoms with Crippen molar-refractivity contribution in [3.8, 4) is 11.5 Å². The highest BCUT2D eigenvalue weighted by Gasteiger charge is 2.41. The first-order valence-electron chi connectivity index (χ1n) is 10.9. The van der Waals surface area contributed by atoms with Gasteiger partial charge in [-0.25, -0.2) is 9.48 Å². The fourth-order valence-corrected chi connectivity index (χ4v) is 5.00. The van der Waals surface area contributed by atoms with Crippen LogP contribution < -0.4 is 14.4 Å². The van der Waals surface area contributed by atoms with Gasteiger partial charge in [-0.3, -0.25) is 4.90 Å². The Hall–Kier alpha value is -4.07. The van der Waals surface area contributed by atoms with Crippen molar-refractivity contribution < 1.29 is 14.3 Å². The number of benzene rings is 3. The maximum atomic E-state index is 13.8. The molecular weight excluding hydrogens is 418 g/mol. The zero-order chi connectivity index (χ0) is 22.5. The zero-order valence-corrected chi connectivity index (χ0v) is 18.4. The largest absolute Gasteiger partial charge is 0.493 e. The Morgan fingerprint density at radius 1 is 0.970 bits per heavy atom. The van der Waals surface area contributed by atoms with Crippen molar-refractivity contribution in [2.45, 2.75) is 19.1 Å². The molecule has 0 bridgehead atoms. The first kappa shape index (κ1) is 19.6. The molecule has 8 heteroatoms. The Morgan fingerprint density at radius 2 is 1.73 bits per heavy atom. The Kier molecular flexibility index (Phi) is 4.46. The van der Waals surface area contributed by atoms with E-state index in [9.17, 15) is 4.79 Å². The van der Waals surface area contributed by atoms with Crippen LogP contribution in [0, 0.1) is 0 Å². The van der Waals surface area contributed by atoms with E-state index in [0.29, 0.717) is 24.7 Å². The Morgan fingerprint density at radius 3 is 2.58 bits per heavy atom. The summed E-state index contributed by atoms with van der Waals surface area (Å²) in [6.07, 6.45) is 0.750. The minimum absolute atomic E-state index is 0.0429. The van der Waals surface area contributed by atoms with E-state index in [0.717, 1.165) is 34.3 Å². The van der Waals surface area contributed by atoms with Gasteiger partial charge in [-0.15, -0.1) is 5.10 Å². The van der Waals surface area contributed by atoms with Gasteiger partial charge in [0, 0.05) is 12.1 Å². The lowest BCUT2D eigenvalue weighted by Gasteiger charge is -2.45. The van der Waals surface area contributed by atoms with E-state index in [1.54, 1.807) is 23.8 Å². The highest BCUT2D eigenvalue weighted by Crippen LogP contribution is 2.46. The number of aromatic nitrogens is 3. The molecule has 0 saturated carbocycles. The van der Waals surface area contributed by atoms with E-state index in [2.05, 4.69) is 16.4 Å². The van der Waals surface area contributed by atoms with Gasteiger partial charge in [0.1, 0.15) is 12.2 Å². The van der Waals surface area contributed by atoms with Crippen LogP contribution in [0.4, 0.5) is 10.5 Å². The Labute approximate surface area is 190 Å². The number of para-hydroxylation sites is 2. The van der Waals surface area contributed by atoms with E-state index in [4.69, 9.17) is 9.47 Å². The van der Waals surface area contributed by atoms with Crippen molar-refractivity contribution in [1.29, 1.82) is 0 Å². The van der Waals surface area contributed by atoms with Gasteiger partial charge in [0.25, 0.3) is 0 Å². The number of rotatable bonds is 4. The van der Waals surface area contributed by atoms with Crippen molar-refractivity contribution in [2.24, 2.45) is 0 Å². The van der Waals surface area contributed by atoms with Crippen LogP contribution >= 0.6 is 0 Å². The number of carbonyl (C=O) groups is 1. The fraction of sp³-hybridized carbons (Fsp3) is 0.240. The molecule has 0 fully saturated rings. The maximum Gasteiger partial charge on any atom is 0.326 e. The molecule has 2 aliphatic heterocycles. The third-order valence-corrected chi connectivity index (χ3v) is 6.57. The van der Waals surface area contributed by atoms with Gasteiger partial charge in [-0.1, -0.05) is 35.5 Å². The molecule has 1 aromatic heterocycles. The molecular formula is C25H23N5O3. The molecule has 0 N–H and O–H groups in total. The zero-order valence-electron chi connectivity index (χ0n) is 18.4. The number of fused-ring (bicyclic) bond motifs is 6. The van der Waals surface area contributed by atoms with Crippen molar-refractivity contribution in [3.05, 3.63) is 77.4 Å². The van der Waals surface area contributed by atoms with Gasteiger partial charge < -0.3 is 14.4 Å². The average Bonchev–Trinajstić information content (AvgIpc) is 3.27. The van der Waals surface area contributed by atoms with Crippen LogP contribution in [0.25, 0.3) is 11.0 Å². The fourth-order valence-electron chi connectivity index (χ4n) is 5.00. The lowest BCUT2D eigenvalue weighted by atomic mass is 9.85.